The summed E-state index contributed by atoms with van der Waals surface area (Å²) in [6.45, 7) is 1.56. The molecule has 1 unspecified atom stereocenters. The van der Waals surface area contributed by atoms with E-state index in [0.717, 1.165) is 35.9 Å². The van der Waals surface area contributed by atoms with Crippen LogP contribution in [0.2, 0.25) is 0 Å². The van der Waals surface area contributed by atoms with Crippen LogP contribution in [0.3, 0.4) is 0 Å². The van der Waals surface area contributed by atoms with E-state index in [1.54, 1.807) is 0 Å². The molecule has 0 bridgehead atoms. The fraction of sp³-hybridized carbons (Fsp3) is 0.500. The summed E-state index contributed by atoms with van der Waals surface area (Å²) in [6.07, 6.45) is 5.55. The van der Waals surface area contributed by atoms with Crippen molar-refractivity contribution < 1.29 is 9.53 Å². The molecule has 2 aliphatic rings. The van der Waals surface area contributed by atoms with Crippen LogP contribution in [0.4, 0.5) is 0 Å². The summed E-state index contributed by atoms with van der Waals surface area (Å²) in [5.41, 5.74) is 1.10. The van der Waals surface area contributed by atoms with Crippen molar-refractivity contribution in [3.8, 4) is 5.75 Å². The maximum absolute atomic E-state index is 12.3. The maximum Gasteiger partial charge on any atom is 0.261 e. The van der Waals surface area contributed by atoms with Gasteiger partial charge in [-0.25, -0.2) is 0 Å². The molecule has 24 heavy (non-hydrogen) atoms. The van der Waals surface area contributed by atoms with Crippen LogP contribution < -0.4 is 10.1 Å². The lowest BCUT2D eigenvalue weighted by molar-refractivity contribution is -0.127. The van der Waals surface area contributed by atoms with Gasteiger partial charge < -0.3 is 14.6 Å². The van der Waals surface area contributed by atoms with Crippen LogP contribution in [0.5, 0.6) is 5.75 Å². The van der Waals surface area contributed by atoms with Gasteiger partial charge in [-0.1, -0.05) is 24.6 Å². The van der Waals surface area contributed by atoms with E-state index in [9.17, 15) is 4.79 Å². The minimum Gasteiger partial charge on any atom is -0.480 e. The topological polar surface area (TPSA) is 69.0 Å². The Labute approximate surface area is 141 Å². The highest BCUT2D eigenvalue weighted by molar-refractivity contribution is 5.82. The summed E-state index contributed by atoms with van der Waals surface area (Å²) in [4.78, 5) is 12.3. The lowest BCUT2D eigenvalue weighted by atomic mass is 10.1. The molecular weight excluding hydrogens is 304 g/mol. The first-order valence-corrected chi connectivity index (χ1v) is 8.74. The van der Waals surface area contributed by atoms with Crippen LogP contribution >= 0.6 is 0 Å². The Morgan fingerprint density at radius 3 is 3.08 bits per heavy atom. The van der Waals surface area contributed by atoms with Crippen molar-refractivity contribution in [2.75, 3.05) is 6.54 Å². The fourth-order valence-electron chi connectivity index (χ4n) is 3.47. The van der Waals surface area contributed by atoms with Crippen LogP contribution in [-0.2, 0) is 30.6 Å². The Balaban J connectivity index is 1.31. The number of para-hydroxylation sites is 1. The largest absolute Gasteiger partial charge is 0.480 e. The van der Waals surface area contributed by atoms with Crippen molar-refractivity contribution in [1.82, 2.24) is 20.1 Å². The predicted molar refractivity (Wildman–Crippen MR) is 88.9 cm³/mol. The van der Waals surface area contributed by atoms with Gasteiger partial charge in [0.25, 0.3) is 5.91 Å². The number of ether oxygens (including phenoxy) is 1. The molecule has 0 radical (unpaired) electrons. The first kappa shape index (κ1) is 15.2. The molecule has 0 aliphatic carbocycles. The van der Waals surface area contributed by atoms with E-state index in [2.05, 4.69) is 20.1 Å². The molecule has 0 spiro atoms. The van der Waals surface area contributed by atoms with Crippen molar-refractivity contribution in [1.29, 1.82) is 0 Å². The number of rotatable bonds is 4. The first-order chi connectivity index (χ1) is 11.8. The van der Waals surface area contributed by atoms with E-state index in [0.29, 0.717) is 19.4 Å². The lowest BCUT2D eigenvalue weighted by Crippen LogP contribution is -2.38. The Bertz CT molecular complexity index is 715. The molecule has 1 aromatic carbocycles. The number of fused-ring (bicyclic) bond motifs is 2. The SMILES string of the molecule is O=C(NCCc1nnc2n1CCCCC2)C1Cc2ccccc2O1. The molecule has 6 heteroatoms. The zero-order chi connectivity index (χ0) is 16.4. The molecule has 1 amide bonds. The van der Waals surface area contributed by atoms with E-state index >= 15 is 0 Å². The number of carbonyl (C=O) groups is 1. The average molecular weight is 326 g/mol. The van der Waals surface area contributed by atoms with E-state index in [1.807, 2.05) is 24.3 Å². The van der Waals surface area contributed by atoms with Gasteiger partial charge in [0.2, 0.25) is 0 Å². The first-order valence-electron chi connectivity index (χ1n) is 8.74. The number of amides is 1. The normalized spacial score (nSPS) is 19.1. The van der Waals surface area contributed by atoms with Crippen molar-refractivity contribution in [2.45, 2.75) is 51.2 Å². The predicted octanol–water partition coefficient (Wildman–Crippen LogP) is 1.67. The molecular formula is C18H22N4O2. The molecule has 1 aromatic heterocycles. The lowest BCUT2D eigenvalue weighted by Gasteiger charge is -2.11. The number of aromatic nitrogens is 3. The molecule has 4 rings (SSSR count). The van der Waals surface area contributed by atoms with E-state index in [4.69, 9.17) is 4.74 Å². The van der Waals surface area contributed by atoms with Crippen molar-refractivity contribution >= 4 is 5.91 Å². The quantitative estimate of drug-likeness (QED) is 0.928. The molecule has 6 nitrogen and oxygen atoms in total. The highest BCUT2D eigenvalue weighted by atomic mass is 16.5. The summed E-state index contributed by atoms with van der Waals surface area (Å²) in [7, 11) is 0. The zero-order valence-electron chi connectivity index (χ0n) is 13.7. The number of hydrogen-bond donors (Lipinski definition) is 1. The number of benzene rings is 1. The molecule has 2 aliphatic heterocycles. The summed E-state index contributed by atoms with van der Waals surface area (Å²) in [6, 6.07) is 7.82. The highest BCUT2D eigenvalue weighted by Gasteiger charge is 2.28. The third-order valence-corrected chi connectivity index (χ3v) is 4.77. The molecule has 1 atom stereocenters. The third-order valence-electron chi connectivity index (χ3n) is 4.77. The van der Waals surface area contributed by atoms with Gasteiger partial charge in [-0.3, -0.25) is 4.79 Å². The molecule has 0 saturated carbocycles. The summed E-state index contributed by atoms with van der Waals surface area (Å²) >= 11 is 0. The number of hydrogen-bond acceptors (Lipinski definition) is 4. The van der Waals surface area contributed by atoms with Crippen LogP contribution in [-0.4, -0.2) is 33.3 Å². The fourth-order valence-corrected chi connectivity index (χ4v) is 3.47. The Morgan fingerprint density at radius 2 is 2.17 bits per heavy atom. The monoisotopic (exact) mass is 326 g/mol. The van der Waals surface area contributed by atoms with Gasteiger partial charge >= 0.3 is 0 Å². The summed E-state index contributed by atoms with van der Waals surface area (Å²) < 4.78 is 7.94. The molecule has 0 fully saturated rings. The van der Waals surface area contributed by atoms with Crippen LogP contribution in [0.15, 0.2) is 24.3 Å². The van der Waals surface area contributed by atoms with Crippen molar-refractivity contribution in [2.24, 2.45) is 0 Å². The van der Waals surface area contributed by atoms with Crippen molar-refractivity contribution in [3.05, 3.63) is 41.5 Å². The molecule has 0 saturated heterocycles. The number of nitrogens with one attached hydrogen (secondary N) is 1. The zero-order valence-corrected chi connectivity index (χ0v) is 13.7. The summed E-state index contributed by atoms with van der Waals surface area (Å²) in [5, 5.41) is 11.6. The number of carbonyl (C=O) groups excluding carboxylic acids is 1. The number of nitrogens with zero attached hydrogens (tertiary/aromatic N) is 3. The minimum atomic E-state index is -0.419. The number of aryl methyl sites for hydroxylation is 1. The second-order valence-corrected chi connectivity index (χ2v) is 6.45. The van der Waals surface area contributed by atoms with Gasteiger partial charge in [-0.15, -0.1) is 10.2 Å². The molecule has 3 heterocycles. The summed E-state index contributed by atoms with van der Waals surface area (Å²) in [5.74, 6) is 2.83. The van der Waals surface area contributed by atoms with Crippen LogP contribution in [0, 0.1) is 0 Å². The second-order valence-electron chi connectivity index (χ2n) is 6.45. The van der Waals surface area contributed by atoms with E-state index in [-0.39, 0.29) is 5.91 Å². The van der Waals surface area contributed by atoms with E-state index in [1.165, 1.54) is 19.3 Å². The Hall–Kier alpha value is -2.37. The van der Waals surface area contributed by atoms with Crippen LogP contribution in [0.25, 0.3) is 0 Å². The van der Waals surface area contributed by atoms with Crippen LogP contribution in [0.1, 0.15) is 36.5 Å². The average Bonchev–Trinajstić information content (AvgIpc) is 3.12. The van der Waals surface area contributed by atoms with Gasteiger partial charge in [0.05, 0.1) is 0 Å². The standard InChI is InChI=1S/C18H22N4O2/c23-18(15-12-13-6-3-4-7-14(13)24-15)19-10-9-17-21-20-16-8-2-1-5-11-22(16)17/h3-4,6-7,15H,1-2,5,8-12H2,(H,19,23). The third kappa shape index (κ3) is 3.00. The molecule has 1 N–H and O–H groups in total. The van der Waals surface area contributed by atoms with Gasteiger partial charge in [-0.05, 0) is 24.5 Å². The van der Waals surface area contributed by atoms with Gasteiger partial charge in [-0.2, -0.15) is 0 Å². The van der Waals surface area contributed by atoms with Gasteiger partial charge in [0.15, 0.2) is 6.10 Å². The van der Waals surface area contributed by atoms with Crippen molar-refractivity contribution in [3.63, 3.8) is 0 Å². The smallest absolute Gasteiger partial charge is 0.261 e. The Morgan fingerprint density at radius 1 is 1.25 bits per heavy atom. The van der Waals surface area contributed by atoms with Gasteiger partial charge in [0.1, 0.15) is 17.4 Å². The molecule has 126 valence electrons. The minimum absolute atomic E-state index is 0.0539. The molecule has 2 aromatic rings. The Kier molecular flexibility index (Phi) is 4.19. The maximum atomic E-state index is 12.3. The second kappa shape index (κ2) is 6.63. The van der Waals surface area contributed by atoms with E-state index < -0.39 is 6.10 Å². The van der Waals surface area contributed by atoms with Gasteiger partial charge in [0, 0.05) is 32.4 Å². The highest BCUT2D eigenvalue weighted by Crippen LogP contribution is 2.28.